The molecule has 0 spiro atoms. The third-order valence-electron chi connectivity index (χ3n) is 8.59. The van der Waals surface area contributed by atoms with Crippen LogP contribution < -0.4 is 0 Å². The van der Waals surface area contributed by atoms with Gasteiger partial charge in [-0.15, -0.1) is 0 Å². The van der Waals surface area contributed by atoms with E-state index in [4.69, 9.17) is 9.97 Å². The first-order valence-corrected chi connectivity index (χ1v) is 14.3. The van der Waals surface area contributed by atoms with Gasteiger partial charge in [-0.2, -0.15) is 0 Å². The van der Waals surface area contributed by atoms with Crippen LogP contribution in [0, 0.1) is 0 Å². The van der Waals surface area contributed by atoms with Gasteiger partial charge in [-0.25, -0.2) is 9.97 Å². The van der Waals surface area contributed by atoms with E-state index in [0.29, 0.717) is 0 Å². The first-order valence-electron chi connectivity index (χ1n) is 14.3. The molecule has 9 rings (SSSR count). The Labute approximate surface area is 242 Å². The molecule has 0 radical (unpaired) electrons. The Balaban J connectivity index is 1.28. The minimum Gasteiger partial charge on any atom is -0.244 e. The van der Waals surface area contributed by atoms with E-state index in [2.05, 4.69) is 121 Å². The molecule has 0 amide bonds. The highest BCUT2D eigenvalue weighted by atomic mass is 14.8. The van der Waals surface area contributed by atoms with E-state index in [9.17, 15) is 0 Å². The first kappa shape index (κ1) is 23.1. The van der Waals surface area contributed by atoms with Gasteiger partial charge in [0.1, 0.15) is 0 Å². The zero-order chi connectivity index (χ0) is 27.6. The van der Waals surface area contributed by atoms with Crippen molar-refractivity contribution in [2.75, 3.05) is 0 Å². The van der Waals surface area contributed by atoms with Crippen LogP contribution in [0.4, 0.5) is 0 Å². The second kappa shape index (κ2) is 8.95. The number of nitrogens with zero attached hydrogens (tertiary/aromatic N) is 2. The predicted octanol–water partition coefficient (Wildman–Crippen LogP) is 10.7. The maximum absolute atomic E-state index is 5.18. The number of benzene rings is 8. The Kier molecular flexibility index (Phi) is 4.93. The second-order valence-electron chi connectivity index (χ2n) is 11.0. The number of para-hydroxylation sites is 2. The fourth-order valence-electron chi connectivity index (χ4n) is 6.54. The summed E-state index contributed by atoms with van der Waals surface area (Å²) in [5.74, 6) is 0. The monoisotopic (exact) mass is 532 g/mol. The van der Waals surface area contributed by atoms with Crippen molar-refractivity contribution in [2.45, 2.75) is 0 Å². The van der Waals surface area contributed by atoms with E-state index in [1.165, 1.54) is 53.9 Å². The molecular formula is C40H24N2. The number of rotatable bonds is 2. The summed E-state index contributed by atoms with van der Waals surface area (Å²) >= 11 is 0. The van der Waals surface area contributed by atoms with Crippen molar-refractivity contribution in [3.63, 3.8) is 0 Å². The van der Waals surface area contributed by atoms with Gasteiger partial charge in [-0.1, -0.05) is 121 Å². The lowest BCUT2D eigenvalue weighted by molar-refractivity contribution is 1.30. The van der Waals surface area contributed by atoms with Gasteiger partial charge in [0, 0.05) is 11.1 Å². The third kappa shape index (κ3) is 3.52. The summed E-state index contributed by atoms with van der Waals surface area (Å²) in [5.41, 5.74) is 5.73. The van der Waals surface area contributed by atoms with Gasteiger partial charge in [0.2, 0.25) is 0 Å². The lowest BCUT2D eigenvalue weighted by Gasteiger charge is -2.13. The molecule has 0 atom stereocenters. The quantitative estimate of drug-likeness (QED) is 0.207. The minimum absolute atomic E-state index is 0.897. The topological polar surface area (TPSA) is 25.8 Å². The molecule has 1 heterocycles. The summed E-state index contributed by atoms with van der Waals surface area (Å²) in [7, 11) is 0. The Hall–Kier alpha value is -5.60. The largest absolute Gasteiger partial charge is 0.244 e. The molecule has 8 aromatic carbocycles. The fraction of sp³-hybridized carbons (Fsp3) is 0. The molecule has 2 heteroatoms. The molecule has 194 valence electrons. The van der Waals surface area contributed by atoms with Crippen LogP contribution in [0.15, 0.2) is 146 Å². The van der Waals surface area contributed by atoms with Crippen LogP contribution in [-0.2, 0) is 0 Å². The lowest BCUT2D eigenvalue weighted by Crippen LogP contribution is -1.95. The van der Waals surface area contributed by atoms with Crippen molar-refractivity contribution in [1.82, 2.24) is 9.97 Å². The van der Waals surface area contributed by atoms with Gasteiger partial charge in [-0.3, -0.25) is 0 Å². The summed E-state index contributed by atoms with van der Waals surface area (Å²) < 4.78 is 0. The predicted molar refractivity (Wildman–Crippen MR) is 178 cm³/mol. The zero-order valence-electron chi connectivity index (χ0n) is 22.8. The first-order chi connectivity index (χ1) is 20.8. The fourth-order valence-corrected chi connectivity index (χ4v) is 6.54. The molecule has 0 fully saturated rings. The van der Waals surface area contributed by atoms with Crippen LogP contribution in [-0.4, -0.2) is 9.97 Å². The third-order valence-corrected chi connectivity index (χ3v) is 8.59. The number of aromatic nitrogens is 2. The van der Waals surface area contributed by atoms with E-state index < -0.39 is 0 Å². The lowest BCUT2D eigenvalue weighted by atomic mass is 9.92. The number of hydrogen-bond acceptors (Lipinski definition) is 2. The highest BCUT2D eigenvalue weighted by Gasteiger charge is 2.15. The Morgan fingerprint density at radius 1 is 0.310 bits per heavy atom. The summed E-state index contributed by atoms with van der Waals surface area (Å²) in [6, 6.07) is 52.1. The van der Waals surface area contributed by atoms with E-state index in [-0.39, 0.29) is 0 Å². The van der Waals surface area contributed by atoms with Crippen LogP contribution in [0.1, 0.15) is 0 Å². The maximum atomic E-state index is 5.18. The van der Waals surface area contributed by atoms with Crippen molar-refractivity contribution in [2.24, 2.45) is 0 Å². The molecule has 0 aliphatic rings. The Morgan fingerprint density at radius 3 is 1.64 bits per heavy atom. The Bertz CT molecular complexity index is 2530. The molecule has 0 N–H and O–H groups in total. The van der Waals surface area contributed by atoms with Crippen LogP contribution in [0.25, 0.3) is 87.4 Å². The molecule has 0 saturated heterocycles. The normalized spacial score (nSPS) is 11.8. The highest BCUT2D eigenvalue weighted by Crippen LogP contribution is 2.38. The van der Waals surface area contributed by atoms with E-state index >= 15 is 0 Å². The van der Waals surface area contributed by atoms with E-state index in [0.717, 1.165) is 33.5 Å². The van der Waals surface area contributed by atoms with Crippen molar-refractivity contribution in [3.05, 3.63) is 146 Å². The molecule has 1 aromatic heterocycles. The molecule has 0 unspecified atom stereocenters. The SMILES string of the molecule is c1ccc2cc(-c3nc4ccccc4nc3-c3ccc4c(ccc5c4ccc4ccc6ccccc6c45)c3)ccc2c1. The smallest absolute Gasteiger partial charge is 0.0973 e. The maximum Gasteiger partial charge on any atom is 0.0973 e. The minimum atomic E-state index is 0.897. The molecule has 0 bridgehead atoms. The van der Waals surface area contributed by atoms with Gasteiger partial charge in [0.15, 0.2) is 0 Å². The van der Waals surface area contributed by atoms with Gasteiger partial charge >= 0.3 is 0 Å². The average molecular weight is 533 g/mol. The van der Waals surface area contributed by atoms with Gasteiger partial charge in [0.05, 0.1) is 22.4 Å². The van der Waals surface area contributed by atoms with Gasteiger partial charge in [-0.05, 0) is 78.1 Å². The van der Waals surface area contributed by atoms with E-state index in [1.54, 1.807) is 0 Å². The molecule has 0 aliphatic carbocycles. The zero-order valence-corrected chi connectivity index (χ0v) is 22.8. The summed E-state index contributed by atoms with van der Waals surface area (Å²) in [4.78, 5) is 10.3. The Morgan fingerprint density at radius 2 is 0.833 bits per heavy atom. The standard InChI is InChI=1S/C40H24N2/c1-2-9-28-23-30(16-13-25(28)7-1)39-40(42-37-12-6-5-11-36(37)41-39)31-19-20-32-29(24-31)18-22-35-34(32)21-17-27-15-14-26-8-3-4-10-33(26)38(27)35/h1-24H. The molecule has 9 aromatic rings. The molecule has 0 saturated carbocycles. The van der Waals surface area contributed by atoms with Crippen molar-refractivity contribution < 1.29 is 0 Å². The summed E-state index contributed by atoms with van der Waals surface area (Å²) in [6.07, 6.45) is 0. The van der Waals surface area contributed by atoms with Crippen molar-refractivity contribution >= 4 is 64.9 Å². The van der Waals surface area contributed by atoms with Crippen LogP contribution >= 0.6 is 0 Å². The summed E-state index contributed by atoms with van der Waals surface area (Å²) in [5, 5.41) is 12.5. The summed E-state index contributed by atoms with van der Waals surface area (Å²) in [6.45, 7) is 0. The van der Waals surface area contributed by atoms with E-state index in [1.807, 2.05) is 24.3 Å². The average Bonchev–Trinajstić information content (AvgIpc) is 3.06. The number of hydrogen-bond donors (Lipinski definition) is 0. The van der Waals surface area contributed by atoms with Gasteiger partial charge < -0.3 is 0 Å². The number of fused-ring (bicyclic) bond motifs is 9. The molecular weight excluding hydrogens is 508 g/mol. The van der Waals surface area contributed by atoms with Crippen molar-refractivity contribution in [1.29, 1.82) is 0 Å². The van der Waals surface area contributed by atoms with Crippen molar-refractivity contribution in [3.8, 4) is 22.5 Å². The second-order valence-corrected chi connectivity index (χ2v) is 11.0. The molecule has 0 aliphatic heterocycles. The molecule has 2 nitrogen and oxygen atoms in total. The molecule has 42 heavy (non-hydrogen) atoms. The van der Waals surface area contributed by atoms with Gasteiger partial charge in [0.25, 0.3) is 0 Å². The van der Waals surface area contributed by atoms with Crippen LogP contribution in [0.2, 0.25) is 0 Å². The van der Waals surface area contributed by atoms with Crippen LogP contribution in [0.3, 0.4) is 0 Å². The van der Waals surface area contributed by atoms with Crippen LogP contribution in [0.5, 0.6) is 0 Å². The highest BCUT2D eigenvalue weighted by molar-refractivity contribution is 6.24.